The summed E-state index contributed by atoms with van der Waals surface area (Å²) in [6.07, 6.45) is 1.04. The van der Waals surface area contributed by atoms with Gasteiger partial charge >= 0.3 is 6.09 Å². The molecule has 0 saturated heterocycles. The van der Waals surface area contributed by atoms with Crippen molar-refractivity contribution in [2.24, 2.45) is 5.92 Å². The number of carbonyl (C=O) groups is 2. The molecular weight excluding hydrogens is 420 g/mol. The molecule has 0 spiro atoms. The molecule has 0 bridgehead atoms. The van der Waals surface area contributed by atoms with Crippen LogP contribution in [0.1, 0.15) is 18.6 Å². The van der Waals surface area contributed by atoms with E-state index < -0.39 is 24.0 Å². The number of benzene rings is 2. The van der Waals surface area contributed by atoms with Gasteiger partial charge in [0.05, 0.1) is 6.61 Å². The van der Waals surface area contributed by atoms with Crippen molar-refractivity contribution in [2.75, 3.05) is 25.3 Å². The zero-order valence-corrected chi connectivity index (χ0v) is 17.3. The number of amides is 2. The standard InChI is InChI=1S/C22H24N2O8/c1-14(6-9-20(26)24-28)21(16-4-2-3-5-17(16)29-11-10-25)32-22(27)23-15-7-8-18-19(12-15)31-13-30-18/h2-9,12,14,21,25,28H,10-11,13H2,1H3,(H,23,27)(H,24,26)/b9-6+/t14-,21+/m0/s1. The molecule has 10 nitrogen and oxygen atoms in total. The molecule has 1 aliphatic rings. The van der Waals surface area contributed by atoms with Crippen LogP contribution in [-0.2, 0) is 9.53 Å². The molecule has 2 amide bonds. The van der Waals surface area contributed by atoms with E-state index in [1.165, 1.54) is 11.6 Å². The topological polar surface area (TPSA) is 136 Å². The molecular formula is C22H24N2O8. The van der Waals surface area contributed by atoms with Gasteiger partial charge in [-0.2, -0.15) is 0 Å². The fourth-order valence-electron chi connectivity index (χ4n) is 3.07. The molecule has 0 radical (unpaired) electrons. The summed E-state index contributed by atoms with van der Waals surface area (Å²) in [7, 11) is 0. The van der Waals surface area contributed by atoms with Gasteiger partial charge < -0.3 is 24.1 Å². The average molecular weight is 444 g/mol. The minimum Gasteiger partial charge on any atom is -0.491 e. The summed E-state index contributed by atoms with van der Waals surface area (Å²) in [5, 5.41) is 20.5. The molecule has 2 aromatic carbocycles. The SMILES string of the molecule is C[C@@H](/C=C/C(=O)NO)[C@@H](OC(=O)Nc1ccc2c(c1)OCO2)c1ccccc1OCCO. The first-order chi connectivity index (χ1) is 15.5. The Morgan fingerprint density at radius 2 is 1.97 bits per heavy atom. The second kappa shape index (κ2) is 11.0. The highest BCUT2D eigenvalue weighted by atomic mass is 16.7. The number of hydrogen-bond acceptors (Lipinski definition) is 8. The molecule has 170 valence electrons. The van der Waals surface area contributed by atoms with Gasteiger partial charge in [-0.3, -0.25) is 15.3 Å². The zero-order chi connectivity index (χ0) is 22.9. The zero-order valence-electron chi connectivity index (χ0n) is 17.3. The maximum absolute atomic E-state index is 12.7. The van der Waals surface area contributed by atoms with E-state index in [0.717, 1.165) is 6.08 Å². The van der Waals surface area contributed by atoms with Gasteiger partial charge in [0.15, 0.2) is 11.5 Å². The maximum atomic E-state index is 12.7. The number of aliphatic hydroxyl groups is 1. The van der Waals surface area contributed by atoms with Crippen LogP contribution in [0.25, 0.3) is 0 Å². The van der Waals surface area contributed by atoms with Crippen molar-refractivity contribution in [2.45, 2.75) is 13.0 Å². The molecule has 0 unspecified atom stereocenters. The van der Waals surface area contributed by atoms with Crippen LogP contribution < -0.4 is 25.0 Å². The van der Waals surface area contributed by atoms with E-state index >= 15 is 0 Å². The molecule has 4 N–H and O–H groups in total. The Hall–Kier alpha value is -3.76. The second-order valence-electron chi connectivity index (χ2n) is 6.82. The number of hydrogen-bond donors (Lipinski definition) is 4. The maximum Gasteiger partial charge on any atom is 0.412 e. The number of fused-ring (bicyclic) bond motifs is 1. The van der Waals surface area contributed by atoms with Crippen LogP contribution in [0.5, 0.6) is 17.2 Å². The lowest BCUT2D eigenvalue weighted by molar-refractivity contribution is -0.124. The van der Waals surface area contributed by atoms with Crippen molar-refractivity contribution in [1.29, 1.82) is 0 Å². The Balaban J connectivity index is 1.81. The van der Waals surface area contributed by atoms with Gasteiger partial charge in [0.25, 0.3) is 5.91 Å². The predicted molar refractivity (Wildman–Crippen MR) is 113 cm³/mol. The van der Waals surface area contributed by atoms with E-state index in [2.05, 4.69) is 5.32 Å². The lowest BCUT2D eigenvalue weighted by atomic mass is 9.96. The lowest BCUT2D eigenvalue weighted by Crippen LogP contribution is -2.22. The third kappa shape index (κ3) is 5.90. The summed E-state index contributed by atoms with van der Waals surface area (Å²) < 4.78 is 21.8. The highest BCUT2D eigenvalue weighted by Gasteiger charge is 2.26. The number of carbonyl (C=O) groups excluding carboxylic acids is 2. The van der Waals surface area contributed by atoms with Gasteiger partial charge in [-0.15, -0.1) is 0 Å². The van der Waals surface area contributed by atoms with E-state index in [1.54, 1.807) is 49.4 Å². The van der Waals surface area contributed by atoms with Gasteiger partial charge in [-0.05, 0) is 18.2 Å². The Bertz CT molecular complexity index is 978. The Morgan fingerprint density at radius 3 is 2.75 bits per heavy atom. The molecule has 0 fully saturated rings. The molecule has 32 heavy (non-hydrogen) atoms. The normalized spacial score (nSPS) is 14.0. The van der Waals surface area contributed by atoms with Crippen molar-refractivity contribution in [3.8, 4) is 17.2 Å². The molecule has 0 saturated carbocycles. The van der Waals surface area contributed by atoms with Crippen LogP contribution in [0, 0.1) is 5.92 Å². The molecule has 0 aliphatic carbocycles. The summed E-state index contributed by atoms with van der Waals surface area (Å²) >= 11 is 0. The number of rotatable bonds is 9. The van der Waals surface area contributed by atoms with Gasteiger partial charge in [-0.1, -0.05) is 31.2 Å². The summed E-state index contributed by atoms with van der Waals surface area (Å²) in [4.78, 5) is 24.1. The van der Waals surface area contributed by atoms with E-state index in [9.17, 15) is 9.59 Å². The second-order valence-corrected chi connectivity index (χ2v) is 6.82. The Morgan fingerprint density at radius 1 is 1.19 bits per heavy atom. The summed E-state index contributed by atoms with van der Waals surface area (Å²) in [5.41, 5.74) is 2.51. The Kier molecular flexibility index (Phi) is 7.90. The number of nitrogens with one attached hydrogen (secondary N) is 2. The van der Waals surface area contributed by atoms with E-state index in [4.69, 9.17) is 29.3 Å². The summed E-state index contributed by atoms with van der Waals surface area (Å²) in [6.45, 7) is 1.73. The minimum atomic E-state index is -0.846. The fraction of sp³-hybridized carbons (Fsp3) is 0.273. The number of para-hydroxylation sites is 1. The van der Waals surface area contributed by atoms with E-state index in [-0.39, 0.29) is 20.0 Å². The average Bonchev–Trinajstić information content (AvgIpc) is 3.27. The number of aliphatic hydroxyl groups excluding tert-OH is 1. The molecule has 1 aliphatic heterocycles. The van der Waals surface area contributed by atoms with Gasteiger partial charge in [-0.25, -0.2) is 10.3 Å². The lowest BCUT2D eigenvalue weighted by Gasteiger charge is -2.24. The van der Waals surface area contributed by atoms with Crippen LogP contribution in [0.15, 0.2) is 54.6 Å². The molecule has 0 aromatic heterocycles. The molecule has 1 heterocycles. The smallest absolute Gasteiger partial charge is 0.412 e. The van der Waals surface area contributed by atoms with Crippen molar-refractivity contribution >= 4 is 17.7 Å². The van der Waals surface area contributed by atoms with Gasteiger partial charge in [0, 0.05) is 29.3 Å². The van der Waals surface area contributed by atoms with E-state index in [0.29, 0.717) is 28.5 Å². The van der Waals surface area contributed by atoms with Crippen molar-refractivity contribution < 1.29 is 38.9 Å². The third-order valence-electron chi connectivity index (χ3n) is 4.57. The van der Waals surface area contributed by atoms with Gasteiger partial charge in [0.1, 0.15) is 18.5 Å². The number of ether oxygens (including phenoxy) is 4. The Labute approximate surface area is 184 Å². The molecule has 3 rings (SSSR count). The molecule has 2 atom stereocenters. The van der Waals surface area contributed by atoms with E-state index in [1.807, 2.05) is 0 Å². The fourth-order valence-corrected chi connectivity index (χ4v) is 3.07. The van der Waals surface area contributed by atoms with Gasteiger partial charge in [0.2, 0.25) is 6.79 Å². The molecule has 2 aromatic rings. The van der Waals surface area contributed by atoms with Crippen LogP contribution in [0.3, 0.4) is 0 Å². The van der Waals surface area contributed by atoms with Crippen LogP contribution in [0.4, 0.5) is 10.5 Å². The van der Waals surface area contributed by atoms with Crippen LogP contribution in [0.2, 0.25) is 0 Å². The quantitative estimate of drug-likeness (QED) is 0.263. The van der Waals surface area contributed by atoms with Crippen molar-refractivity contribution in [1.82, 2.24) is 5.48 Å². The summed E-state index contributed by atoms with van der Waals surface area (Å²) in [6, 6.07) is 11.9. The summed E-state index contributed by atoms with van der Waals surface area (Å²) in [5.74, 6) is 0.319. The third-order valence-corrected chi connectivity index (χ3v) is 4.57. The first-order valence-electron chi connectivity index (χ1n) is 9.84. The predicted octanol–water partition coefficient (Wildman–Crippen LogP) is 2.77. The van der Waals surface area contributed by atoms with Crippen LogP contribution in [-0.4, -0.2) is 42.3 Å². The highest BCUT2D eigenvalue weighted by Crippen LogP contribution is 2.36. The molecule has 10 heteroatoms. The number of anilines is 1. The largest absolute Gasteiger partial charge is 0.491 e. The van der Waals surface area contributed by atoms with Crippen molar-refractivity contribution in [3.63, 3.8) is 0 Å². The highest BCUT2D eigenvalue weighted by molar-refractivity contribution is 5.86. The monoisotopic (exact) mass is 444 g/mol. The van der Waals surface area contributed by atoms with Crippen molar-refractivity contribution in [3.05, 3.63) is 60.2 Å². The first-order valence-corrected chi connectivity index (χ1v) is 9.84. The first kappa shape index (κ1) is 22.9. The van der Waals surface area contributed by atoms with Crippen LogP contribution >= 0.6 is 0 Å². The minimum absolute atomic E-state index is 0.0598. The number of hydroxylamine groups is 1.